The molecule has 0 unspecified atom stereocenters. The van der Waals surface area contributed by atoms with E-state index in [1.54, 1.807) is 0 Å². The first kappa shape index (κ1) is 14.3. The van der Waals surface area contributed by atoms with E-state index in [1.807, 2.05) is 0 Å². The third kappa shape index (κ3) is 3.03. The van der Waals surface area contributed by atoms with Crippen LogP contribution in [0.1, 0.15) is 31.5 Å². The van der Waals surface area contributed by atoms with Crippen LogP contribution in [0.3, 0.4) is 0 Å². The molecule has 0 spiro atoms. The average Bonchev–Trinajstić information content (AvgIpc) is 2.55. The number of fused-ring (bicyclic) bond motifs is 1. The molecule has 0 bridgehead atoms. The Labute approximate surface area is 127 Å². The molecule has 2 aromatic rings. The van der Waals surface area contributed by atoms with Gasteiger partial charge in [-0.2, -0.15) is 0 Å². The van der Waals surface area contributed by atoms with E-state index in [9.17, 15) is 0 Å². The van der Waals surface area contributed by atoms with E-state index >= 15 is 0 Å². The minimum atomic E-state index is 1.06. The quantitative estimate of drug-likeness (QED) is 0.934. The van der Waals surface area contributed by atoms with Crippen molar-refractivity contribution < 1.29 is 0 Å². The van der Waals surface area contributed by atoms with Crippen LogP contribution < -0.4 is 10.2 Å². The number of anilines is 1. The van der Waals surface area contributed by atoms with Crippen molar-refractivity contribution in [2.75, 3.05) is 31.1 Å². The fourth-order valence-corrected chi connectivity index (χ4v) is 3.08. The van der Waals surface area contributed by atoms with Crippen LogP contribution in [-0.4, -0.2) is 31.2 Å². The SMILES string of the molecule is CCCc1cc(N2CCNCC2)c2cc(CC)ccc2n1. The summed E-state index contributed by atoms with van der Waals surface area (Å²) in [4.78, 5) is 7.37. The summed E-state index contributed by atoms with van der Waals surface area (Å²) in [6, 6.07) is 9.05. The highest BCUT2D eigenvalue weighted by Crippen LogP contribution is 2.28. The Hall–Kier alpha value is -1.61. The summed E-state index contributed by atoms with van der Waals surface area (Å²) < 4.78 is 0. The predicted molar refractivity (Wildman–Crippen MR) is 90.2 cm³/mol. The summed E-state index contributed by atoms with van der Waals surface area (Å²) in [6.07, 6.45) is 3.28. The number of nitrogens with one attached hydrogen (secondary N) is 1. The Morgan fingerprint density at radius 1 is 1.14 bits per heavy atom. The molecule has 1 N–H and O–H groups in total. The Morgan fingerprint density at radius 2 is 1.95 bits per heavy atom. The number of rotatable bonds is 4. The molecule has 0 atom stereocenters. The highest BCUT2D eigenvalue weighted by atomic mass is 15.2. The molecule has 1 aromatic heterocycles. The van der Waals surface area contributed by atoms with Crippen molar-refractivity contribution in [1.82, 2.24) is 10.3 Å². The number of benzene rings is 1. The second kappa shape index (κ2) is 6.44. The largest absolute Gasteiger partial charge is 0.368 e. The van der Waals surface area contributed by atoms with Crippen molar-refractivity contribution in [3.63, 3.8) is 0 Å². The summed E-state index contributed by atoms with van der Waals surface area (Å²) in [6.45, 7) is 8.74. The molecule has 1 aliphatic heterocycles. The molecular weight excluding hydrogens is 258 g/mol. The van der Waals surface area contributed by atoms with Gasteiger partial charge in [0.25, 0.3) is 0 Å². The fourth-order valence-electron chi connectivity index (χ4n) is 3.08. The average molecular weight is 283 g/mol. The summed E-state index contributed by atoms with van der Waals surface area (Å²) >= 11 is 0. The van der Waals surface area contributed by atoms with E-state index in [4.69, 9.17) is 4.98 Å². The van der Waals surface area contributed by atoms with E-state index in [0.29, 0.717) is 0 Å². The Kier molecular flexibility index (Phi) is 4.39. The lowest BCUT2D eigenvalue weighted by molar-refractivity contribution is 0.590. The van der Waals surface area contributed by atoms with E-state index in [1.165, 1.54) is 22.3 Å². The zero-order valence-electron chi connectivity index (χ0n) is 13.2. The molecule has 1 saturated heterocycles. The molecule has 3 nitrogen and oxygen atoms in total. The molecule has 0 radical (unpaired) electrons. The molecule has 1 aliphatic rings. The van der Waals surface area contributed by atoms with Gasteiger partial charge in [0.2, 0.25) is 0 Å². The fraction of sp³-hybridized carbons (Fsp3) is 0.500. The number of piperazine rings is 1. The van der Waals surface area contributed by atoms with Crippen molar-refractivity contribution in [2.45, 2.75) is 33.1 Å². The first-order valence-corrected chi connectivity index (χ1v) is 8.20. The highest BCUT2D eigenvalue weighted by Gasteiger charge is 2.15. The van der Waals surface area contributed by atoms with E-state index in [-0.39, 0.29) is 0 Å². The molecule has 3 rings (SSSR count). The van der Waals surface area contributed by atoms with Crippen LogP contribution in [0.2, 0.25) is 0 Å². The van der Waals surface area contributed by atoms with Crippen molar-refractivity contribution >= 4 is 16.6 Å². The predicted octanol–water partition coefficient (Wildman–Crippen LogP) is 3.16. The van der Waals surface area contributed by atoms with Gasteiger partial charge < -0.3 is 10.2 Å². The number of nitrogens with zero attached hydrogens (tertiary/aromatic N) is 2. The molecule has 0 saturated carbocycles. The maximum absolute atomic E-state index is 4.85. The van der Waals surface area contributed by atoms with Crippen molar-refractivity contribution in [1.29, 1.82) is 0 Å². The van der Waals surface area contributed by atoms with Gasteiger partial charge in [0.15, 0.2) is 0 Å². The first-order valence-electron chi connectivity index (χ1n) is 8.20. The number of hydrogen-bond donors (Lipinski definition) is 1. The van der Waals surface area contributed by atoms with Crippen LogP contribution in [0.4, 0.5) is 5.69 Å². The van der Waals surface area contributed by atoms with E-state index < -0.39 is 0 Å². The Bertz CT molecular complexity index is 615. The molecule has 0 amide bonds. The van der Waals surface area contributed by atoms with Gasteiger partial charge >= 0.3 is 0 Å². The lowest BCUT2D eigenvalue weighted by atomic mass is 10.0. The standard InChI is InChI=1S/C18H25N3/c1-3-5-15-13-18(21-10-8-19-9-11-21)16-12-14(4-2)6-7-17(16)20-15/h6-7,12-13,19H,3-5,8-11H2,1-2H3. The zero-order chi connectivity index (χ0) is 14.7. The van der Waals surface area contributed by atoms with Gasteiger partial charge in [-0.25, -0.2) is 0 Å². The third-order valence-electron chi connectivity index (χ3n) is 4.28. The van der Waals surface area contributed by atoms with Crippen LogP contribution in [0.15, 0.2) is 24.3 Å². The number of aromatic nitrogens is 1. The monoisotopic (exact) mass is 283 g/mol. The number of hydrogen-bond acceptors (Lipinski definition) is 3. The lowest BCUT2D eigenvalue weighted by Gasteiger charge is -2.30. The minimum absolute atomic E-state index is 1.06. The molecule has 112 valence electrons. The van der Waals surface area contributed by atoms with Gasteiger partial charge in [-0.15, -0.1) is 0 Å². The van der Waals surface area contributed by atoms with Crippen LogP contribution in [0.5, 0.6) is 0 Å². The Balaban J connectivity index is 2.11. The summed E-state index contributed by atoms with van der Waals surface area (Å²) in [5.41, 5.74) is 5.14. The van der Waals surface area contributed by atoms with Gasteiger partial charge in [-0.3, -0.25) is 4.98 Å². The Morgan fingerprint density at radius 3 is 2.67 bits per heavy atom. The van der Waals surface area contributed by atoms with Gasteiger partial charge in [0, 0.05) is 42.9 Å². The summed E-state index contributed by atoms with van der Waals surface area (Å²) in [5, 5.41) is 4.75. The lowest BCUT2D eigenvalue weighted by Crippen LogP contribution is -2.43. The maximum Gasteiger partial charge on any atom is 0.0726 e. The van der Waals surface area contributed by atoms with Crippen molar-refractivity contribution in [3.05, 3.63) is 35.5 Å². The minimum Gasteiger partial charge on any atom is -0.368 e. The van der Waals surface area contributed by atoms with E-state index in [0.717, 1.165) is 51.0 Å². The van der Waals surface area contributed by atoms with Gasteiger partial charge in [-0.1, -0.05) is 26.3 Å². The third-order valence-corrected chi connectivity index (χ3v) is 4.28. The second-order valence-corrected chi connectivity index (χ2v) is 5.82. The summed E-state index contributed by atoms with van der Waals surface area (Å²) in [5.74, 6) is 0. The smallest absolute Gasteiger partial charge is 0.0726 e. The number of pyridine rings is 1. The van der Waals surface area contributed by atoms with E-state index in [2.05, 4.69) is 48.3 Å². The molecule has 2 heterocycles. The number of aryl methyl sites for hydroxylation is 2. The molecule has 21 heavy (non-hydrogen) atoms. The topological polar surface area (TPSA) is 28.2 Å². The van der Waals surface area contributed by atoms with Crippen LogP contribution >= 0.6 is 0 Å². The molecule has 1 fully saturated rings. The van der Waals surface area contributed by atoms with Gasteiger partial charge in [-0.05, 0) is 36.6 Å². The van der Waals surface area contributed by atoms with Crippen LogP contribution in [-0.2, 0) is 12.8 Å². The molecule has 0 aliphatic carbocycles. The molecule has 3 heteroatoms. The maximum atomic E-state index is 4.85. The highest BCUT2D eigenvalue weighted by molar-refractivity contribution is 5.92. The zero-order valence-corrected chi connectivity index (χ0v) is 13.2. The van der Waals surface area contributed by atoms with Crippen LogP contribution in [0.25, 0.3) is 10.9 Å². The second-order valence-electron chi connectivity index (χ2n) is 5.82. The van der Waals surface area contributed by atoms with Gasteiger partial charge in [0.05, 0.1) is 5.52 Å². The summed E-state index contributed by atoms with van der Waals surface area (Å²) in [7, 11) is 0. The molecule has 1 aromatic carbocycles. The van der Waals surface area contributed by atoms with Gasteiger partial charge in [0.1, 0.15) is 0 Å². The van der Waals surface area contributed by atoms with Crippen molar-refractivity contribution in [2.24, 2.45) is 0 Å². The van der Waals surface area contributed by atoms with Crippen LogP contribution in [0, 0.1) is 0 Å². The molecular formula is C18H25N3. The van der Waals surface area contributed by atoms with Crippen molar-refractivity contribution in [3.8, 4) is 0 Å². The normalized spacial score (nSPS) is 15.6. The first-order chi connectivity index (χ1) is 10.3.